The number of fused-ring (bicyclic) bond motifs is 1. The van der Waals surface area contributed by atoms with Crippen LogP contribution in [0.15, 0.2) is 36.4 Å². The molecule has 0 unspecified atom stereocenters. The molecule has 1 aliphatic rings. The second-order valence-electron chi connectivity index (χ2n) is 6.01. The van der Waals surface area contributed by atoms with Crippen molar-refractivity contribution in [2.45, 2.75) is 32.1 Å². The van der Waals surface area contributed by atoms with Crippen LogP contribution in [0.3, 0.4) is 0 Å². The second-order valence-corrected chi connectivity index (χ2v) is 6.01. The summed E-state index contributed by atoms with van der Waals surface area (Å²) < 4.78 is 0. The topological polar surface area (TPSA) is 50.9 Å². The first-order chi connectivity index (χ1) is 9.81. The van der Waals surface area contributed by atoms with Crippen LogP contribution in [0, 0.1) is 5.41 Å². The van der Waals surface area contributed by atoms with Gasteiger partial charge in [-0.2, -0.15) is 0 Å². The molecule has 0 aliphatic heterocycles. The van der Waals surface area contributed by atoms with Gasteiger partial charge in [0.05, 0.1) is 5.52 Å². The zero-order valence-electron chi connectivity index (χ0n) is 11.9. The number of nitrogens with one attached hydrogen (secondary N) is 1. The van der Waals surface area contributed by atoms with Crippen LogP contribution in [0.5, 0.6) is 0 Å². The fraction of sp³-hybridized carbons (Fsp3) is 0.471. The molecule has 3 nitrogen and oxygen atoms in total. The van der Waals surface area contributed by atoms with Crippen molar-refractivity contribution in [2.24, 2.45) is 11.1 Å². The average Bonchev–Trinajstić information content (AvgIpc) is 2.54. The van der Waals surface area contributed by atoms with E-state index in [0.717, 1.165) is 24.4 Å². The van der Waals surface area contributed by atoms with Gasteiger partial charge in [-0.3, -0.25) is 0 Å². The quantitative estimate of drug-likeness (QED) is 0.892. The predicted octanol–water partition coefficient (Wildman–Crippen LogP) is 3.56. The van der Waals surface area contributed by atoms with E-state index >= 15 is 0 Å². The van der Waals surface area contributed by atoms with Gasteiger partial charge < -0.3 is 11.1 Å². The molecular formula is C17H23N3. The van der Waals surface area contributed by atoms with Gasteiger partial charge in [0.25, 0.3) is 0 Å². The lowest BCUT2D eigenvalue weighted by atomic mass is 9.74. The molecule has 3 rings (SSSR count). The number of nitrogens with two attached hydrogens (primary N) is 1. The number of aromatic nitrogens is 1. The number of para-hydroxylation sites is 1. The number of pyridine rings is 1. The van der Waals surface area contributed by atoms with E-state index in [-0.39, 0.29) is 5.41 Å². The van der Waals surface area contributed by atoms with E-state index in [4.69, 9.17) is 5.73 Å². The summed E-state index contributed by atoms with van der Waals surface area (Å²) in [5, 5.41) is 4.69. The lowest BCUT2D eigenvalue weighted by molar-refractivity contribution is 0.215. The lowest BCUT2D eigenvalue weighted by Gasteiger charge is -2.36. The highest BCUT2D eigenvalue weighted by atomic mass is 15.0. The fourth-order valence-corrected chi connectivity index (χ4v) is 3.20. The van der Waals surface area contributed by atoms with Gasteiger partial charge in [-0.25, -0.2) is 4.98 Å². The van der Waals surface area contributed by atoms with Gasteiger partial charge in [-0.05, 0) is 43.0 Å². The van der Waals surface area contributed by atoms with Crippen LogP contribution < -0.4 is 11.1 Å². The highest BCUT2D eigenvalue weighted by Gasteiger charge is 2.30. The number of hydrogen-bond donors (Lipinski definition) is 2. The Kier molecular flexibility index (Phi) is 3.88. The molecule has 1 fully saturated rings. The average molecular weight is 269 g/mol. The summed E-state index contributed by atoms with van der Waals surface area (Å²) in [4.78, 5) is 4.67. The smallest absolute Gasteiger partial charge is 0.126 e. The Morgan fingerprint density at radius 1 is 1.05 bits per heavy atom. The molecule has 0 saturated heterocycles. The van der Waals surface area contributed by atoms with Crippen LogP contribution in [0.1, 0.15) is 32.1 Å². The molecule has 1 heterocycles. The Labute approximate surface area is 120 Å². The molecule has 0 radical (unpaired) electrons. The van der Waals surface area contributed by atoms with Gasteiger partial charge in [0.15, 0.2) is 0 Å². The van der Waals surface area contributed by atoms with E-state index in [1.165, 1.54) is 37.5 Å². The van der Waals surface area contributed by atoms with Gasteiger partial charge in [0.2, 0.25) is 0 Å². The van der Waals surface area contributed by atoms with Crippen molar-refractivity contribution in [2.75, 3.05) is 18.4 Å². The summed E-state index contributed by atoms with van der Waals surface area (Å²) in [6, 6.07) is 12.4. The minimum Gasteiger partial charge on any atom is -0.369 e. The normalized spacial score (nSPS) is 18.1. The summed E-state index contributed by atoms with van der Waals surface area (Å²) in [5.41, 5.74) is 7.35. The molecule has 0 bridgehead atoms. The number of rotatable bonds is 4. The largest absolute Gasteiger partial charge is 0.369 e. The molecule has 2 aromatic rings. The molecule has 0 atom stereocenters. The third-order valence-electron chi connectivity index (χ3n) is 4.59. The highest BCUT2D eigenvalue weighted by Crippen LogP contribution is 2.35. The monoisotopic (exact) mass is 269 g/mol. The van der Waals surface area contributed by atoms with Crippen molar-refractivity contribution in [1.82, 2.24) is 4.98 Å². The zero-order valence-corrected chi connectivity index (χ0v) is 11.9. The molecule has 0 spiro atoms. The summed E-state index contributed by atoms with van der Waals surface area (Å²) >= 11 is 0. The van der Waals surface area contributed by atoms with Crippen LogP contribution in [0.2, 0.25) is 0 Å². The zero-order chi connectivity index (χ0) is 13.8. The lowest BCUT2D eigenvalue weighted by Crippen LogP contribution is -2.39. The van der Waals surface area contributed by atoms with Crippen LogP contribution in [0.25, 0.3) is 10.9 Å². The molecule has 3 heteroatoms. The molecule has 20 heavy (non-hydrogen) atoms. The number of benzene rings is 1. The first-order valence-corrected chi connectivity index (χ1v) is 7.61. The van der Waals surface area contributed by atoms with Crippen molar-refractivity contribution in [3.05, 3.63) is 36.4 Å². The number of anilines is 1. The fourth-order valence-electron chi connectivity index (χ4n) is 3.20. The molecule has 1 aromatic carbocycles. The van der Waals surface area contributed by atoms with E-state index in [1.807, 2.05) is 12.1 Å². The summed E-state index contributed by atoms with van der Waals surface area (Å²) in [7, 11) is 0. The first kappa shape index (κ1) is 13.4. The van der Waals surface area contributed by atoms with E-state index in [9.17, 15) is 0 Å². The Morgan fingerprint density at radius 2 is 1.85 bits per heavy atom. The van der Waals surface area contributed by atoms with Gasteiger partial charge in [0, 0.05) is 11.9 Å². The SMILES string of the molecule is NCC1(CNc2ccc3ccccc3n2)CCCCC1. The van der Waals surface area contributed by atoms with Crippen molar-refractivity contribution in [3.63, 3.8) is 0 Å². The maximum Gasteiger partial charge on any atom is 0.126 e. The Bertz CT molecular complexity index is 573. The molecule has 1 aromatic heterocycles. The van der Waals surface area contributed by atoms with Crippen molar-refractivity contribution in [3.8, 4) is 0 Å². The third kappa shape index (κ3) is 2.78. The Hall–Kier alpha value is -1.61. The van der Waals surface area contributed by atoms with Gasteiger partial charge in [0.1, 0.15) is 5.82 Å². The second kappa shape index (κ2) is 5.80. The predicted molar refractivity (Wildman–Crippen MR) is 84.8 cm³/mol. The molecule has 1 aliphatic carbocycles. The van der Waals surface area contributed by atoms with Crippen LogP contribution in [0.4, 0.5) is 5.82 Å². The van der Waals surface area contributed by atoms with Crippen LogP contribution >= 0.6 is 0 Å². The maximum atomic E-state index is 6.03. The summed E-state index contributed by atoms with van der Waals surface area (Å²) in [5.74, 6) is 0.960. The minimum absolute atomic E-state index is 0.269. The Morgan fingerprint density at radius 3 is 2.65 bits per heavy atom. The maximum absolute atomic E-state index is 6.03. The Balaban J connectivity index is 1.72. The van der Waals surface area contributed by atoms with Crippen molar-refractivity contribution >= 4 is 16.7 Å². The summed E-state index contributed by atoms with van der Waals surface area (Å²) in [6.45, 7) is 1.71. The van der Waals surface area contributed by atoms with Gasteiger partial charge in [-0.15, -0.1) is 0 Å². The number of hydrogen-bond acceptors (Lipinski definition) is 3. The van der Waals surface area contributed by atoms with Crippen molar-refractivity contribution < 1.29 is 0 Å². The first-order valence-electron chi connectivity index (χ1n) is 7.61. The number of nitrogens with zero attached hydrogens (tertiary/aromatic N) is 1. The molecule has 106 valence electrons. The molecule has 1 saturated carbocycles. The van der Waals surface area contributed by atoms with Gasteiger partial charge >= 0.3 is 0 Å². The van der Waals surface area contributed by atoms with E-state index in [2.05, 4.69) is 34.6 Å². The van der Waals surface area contributed by atoms with E-state index < -0.39 is 0 Å². The van der Waals surface area contributed by atoms with Crippen molar-refractivity contribution in [1.29, 1.82) is 0 Å². The van der Waals surface area contributed by atoms with Crippen LogP contribution in [-0.4, -0.2) is 18.1 Å². The highest BCUT2D eigenvalue weighted by molar-refractivity contribution is 5.80. The molecule has 0 amide bonds. The summed E-state index contributed by atoms with van der Waals surface area (Å²) in [6.07, 6.45) is 6.46. The molecular weight excluding hydrogens is 246 g/mol. The third-order valence-corrected chi connectivity index (χ3v) is 4.59. The van der Waals surface area contributed by atoms with E-state index in [0.29, 0.717) is 0 Å². The molecule has 3 N–H and O–H groups in total. The van der Waals surface area contributed by atoms with E-state index in [1.54, 1.807) is 0 Å². The standard InChI is InChI=1S/C17H23N3/c18-12-17(10-4-1-5-11-17)13-19-16-9-8-14-6-2-3-7-15(14)20-16/h2-3,6-9H,1,4-5,10-13,18H2,(H,19,20). The van der Waals surface area contributed by atoms with Gasteiger partial charge in [-0.1, -0.05) is 37.5 Å². The minimum atomic E-state index is 0.269. The van der Waals surface area contributed by atoms with Crippen LogP contribution in [-0.2, 0) is 0 Å².